The molecule has 3 heteroatoms. The molecule has 1 N–H and O–H groups in total. The summed E-state index contributed by atoms with van der Waals surface area (Å²) in [7, 11) is 4.29. The van der Waals surface area contributed by atoms with E-state index in [0.717, 1.165) is 13.1 Å². The van der Waals surface area contributed by atoms with Gasteiger partial charge in [-0.05, 0) is 51.1 Å². The van der Waals surface area contributed by atoms with Crippen LogP contribution in [0.2, 0.25) is 0 Å². The third kappa shape index (κ3) is 5.89. The van der Waals surface area contributed by atoms with E-state index in [2.05, 4.69) is 60.9 Å². The fourth-order valence-corrected chi connectivity index (χ4v) is 2.50. The largest absolute Gasteiger partial charge is 0.315 e. The first-order chi connectivity index (χ1) is 8.75. The molecule has 0 aliphatic heterocycles. The van der Waals surface area contributed by atoms with Crippen molar-refractivity contribution in [3.05, 3.63) is 35.9 Å². The van der Waals surface area contributed by atoms with Crippen molar-refractivity contribution < 1.29 is 0 Å². The van der Waals surface area contributed by atoms with Crippen LogP contribution in [-0.2, 0) is 0 Å². The smallest absolute Gasteiger partial charge is 0.0466 e. The molecular formula is C15H26N2S. The molecule has 0 spiro atoms. The number of benzene rings is 1. The number of hydrogen-bond donors (Lipinski definition) is 1. The predicted octanol–water partition coefficient (Wildman–Crippen LogP) is 3.02. The lowest BCUT2D eigenvalue weighted by Crippen LogP contribution is -2.31. The van der Waals surface area contributed by atoms with Crippen molar-refractivity contribution in [2.45, 2.75) is 18.9 Å². The summed E-state index contributed by atoms with van der Waals surface area (Å²) in [5, 5.41) is 3.57. The highest BCUT2D eigenvalue weighted by Crippen LogP contribution is 2.16. The predicted molar refractivity (Wildman–Crippen MR) is 83.4 cm³/mol. The van der Waals surface area contributed by atoms with E-state index in [9.17, 15) is 0 Å². The Labute approximate surface area is 116 Å². The van der Waals surface area contributed by atoms with Crippen LogP contribution in [0.25, 0.3) is 0 Å². The van der Waals surface area contributed by atoms with Crippen LogP contribution in [0.5, 0.6) is 0 Å². The number of likely N-dealkylation sites (N-methyl/N-ethyl adjacent to an activating group) is 1. The van der Waals surface area contributed by atoms with Crippen molar-refractivity contribution in [2.24, 2.45) is 0 Å². The highest BCUT2D eigenvalue weighted by atomic mass is 32.2. The van der Waals surface area contributed by atoms with E-state index in [0.29, 0.717) is 6.04 Å². The summed E-state index contributed by atoms with van der Waals surface area (Å²) in [4.78, 5) is 2.28. The van der Waals surface area contributed by atoms with Gasteiger partial charge in [0.05, 0.1) is 0 Å². The summed E-state index contributed by atoms with van der Waals surface area (Å²) in [6.45, 7) is 2.15. The van der Waals surface area contributed by atoms with Crippen LogP contribution >= 0.6 is 11.8 Å². The highest BCUT2D eigenvalue weighted by Gasteiger charge is 2.12. The average molecular weight is 266 g/mol. The molecule has 0 radical (unpaired) electrons. The van der Waals surface area contributed by atoms with Gasteiger partial charge in [-0.15, -0.1) is 0 Å². The summed E-state index contributed by atoms with van der Waals surface area (Å²) in [5.74, 6) is 1.28. The first-order valence-electron chi connectivity index (χ1n) is 6.66. The maximum Gasteiger partial charge on any atom is 0.0466 e. The molecule has 0 aliphatic rings. The molecule has 1 unspecified atom stereocenters. The third-order valence-corrected chi connectivity index (χ3v) is 3.79. The zero-order valence-corrected chi connectivity index (χ0v) is 12.7. The molecule has 18 heavy (non-hydrogen) atoms. The lowest BCUT2D eigenvalue weighted by molar-refractivity contribution is 0.288. The van der Waals surface area contributed by atoms with E-state index in [1.165, 1.54) is 24.2 Å². The Morgan fingerprint density at radius 1 is 1.17 bits per heavy atom. The van der Waals surface area contributed by atoms with Crippen molar-refractivity contribution in [2.75, 3.05) is 39.2 Å². The quantitative estimate of drug-likeness (QED) is 0.692. The zero-order valence-electron chi connectivity index (χ0n) is 11.9. The third-order valence-electron chi connectivity index (χ3n) is 3.10. The van der Waals surface area contributed by atoms with E-state index in [4.69, 9.17) is 0 Å². The van der Waals surface area contributed by atoms with Gasteiger partial charge in [-0.1, -0.05) is 30.3 Å². The molecule has 0 bridgehead atoms. The summed E-state index contributed by atoms with van der Waals surface area (Å²) in [6.07, 6.45) is 4.76. The normalized spacial score (nSPS) is 12.9. The van der Waals surface area contributed by atoms with E-state index in [1.807, 2.05) is 11.8 Å². The molecule has 0 fully saturated rings. The SMILES string of the molecule is CSCCCCNCC(c1ccccc1)N(C)C. The molecule has 1 atom stereocenters. The number of rotatable bonds is 9. The second-order valence-electron chi connectivity index (χ2n) is 4.79. The van der Waals surface area contributed by atoms with Crippen molar-refractivity contribution in [3.8, 4) is 0 Å². The van der Waals surface area contributed by atoms with Crippen LogP contribution in [-0.4, -0.2) is 44.1 Å². The number of hydrogen-bond acceptors (Lipinski definition) is 3. The molecule has 0 aromatic heterocycles. The average Bonchev–Trinajstić information content (AvgIpc) is 2.38. The first-order valence-corrected chi connectivity index (χ1v) is 8.06. The van der Waals surface area contributed by atoms with Crippen LogP contribution in [0.15, 0.2) is 30.3 Å². The molecule has 2 nitrogen and oxygen atoms in total. The summed E-state index contributed by atoms with van der Waals surface area (Å²) in [6, 6.07) is 11.2. The van der Waals surface area contributed by atoms with E-state index >= 15 is 0 Å². The molecule has 1 rings (SSSR count). The molecule has 102 valence electrons. The minimum absolute atomic E-state index is 0.465. The molecular weight excluding hydrogens is 240 g/mol. The Balaban J connectivity index is 2.31. The topological polar surface area (TPSA) is 15.3 Å². The monoisotopic (exact) mass is 266 g/mol. The number of thioether (sulfide) groups is 1. The molecule has 1 aromatic rings. The molecule has 0 amide bonds. The maximum atomic E-state index is 3.57. The number of nitrogens with one attached hydrogen (secondary N) is 1. The Morgan fingerprint density at radius 3 is 2.50 bits per heavy atom. The second-order valence-corrected chi connectivity index (χ2v) is 5.78. The molecule has 0 heterocycles. The van der Waals surface area contributed by atoms with Gasteiger partial charge in [-0.3, -0.25) is 0 Å². The Hall–Kier alpha value is -0.510. The van der Waals surface area contributed by atoms with Gasteiger partial charge in [0.25, 0.3) is 0 Å². The van der Waals surface area contributed by atoms with Gasteiger partial charge in [-0.25, -0.2) is 0 Å². The molecule has 1 aromatic carbocycles. The van der Waals surface area contributed by atoms with Crippen LogP contribution in [0.3, 0.4) is 0 Å². The minimum atomic E-state index is 0.465. The molecule has 0 saturated heterocycles. The van der Waals surface area contributed by atoms with Crippen LogP contribution in [0.4, 0.5) is 0 Å². The Morgan fingerprint density at radius 2 is 1.89 bits per heavy atom. The fraction of sp³-hybridized carbons (Fsp3) is 0.600. The summed E-state index contributed by atoms with van der Waals surface area (Å²) < 4.78 is 0. The van der Waals surface area contributed by atoms with Gasteiger partial charge in [0.2, 0.25) is 0 Å². The van der Waals surface area contributed by atoms with E-state index in [-0.39, 0.29) is 0 Å². The number of unbranched alkanes of at least 4 members (excludes halogenated alkanes) is 1. The van der Waals surface area contributed by atoms with Gasteiger partial charge in [0.1, 0.15) is 0 Å². The highest BCUT2D eigenvalue weighted by molar-refractivity contribution is 7.98. The molecule has 0 saturated carbocycles. The maximum absolute atomic E-state index is 3.57. The second kappa shape index (κ2) is 9.42. The van der Waals surface area contributed by atoms with Crippen molar-refractivity contribution >= 4 is 11.8 Å². The zero-order chi connectivity index (χ0) is 13.2. The van der Waals surface area contributed by atoms with Gasteiger partial charge in [0, 0.05) is 12.6 Å². The van der Waals surface area contributed by atoms with E-state index in [1.54, 1.807) is 0 Å². The van der Waals surface area contributed by atoms with Crippen molar-refractivity contribution in [1.82, 2.24) is 10.2 Å². The lowest BCUT2D eigenvalue weighted by Gasteiger charge is -2.25. The fourth-order valence-electron chi connectivity index (χ4n) is 2.01. The van der Waals surface area contributed by atoms with Gasteiger partial charge >= 0.3 is 0 Å². The van der Waals surface area contributed by atoms with Crippen LogP contribution in [0, 0.1) is 0 Å². The Bertz CT molecular complexity index is 301. The van der Waals surface area contributed by atoms with Crippen molar-refractivity contribution in [3.63, 3.8) is 0 Å². The standard InChI is InChI=1S/C15H26N2S/c1-17(2)15(14-9-5-4-6-10-14)13-16-11-7-8-12-18-3/h4-6,9-10,15-16H,7-8,11-13H2,1-3H3. The molecule has 0 aliphatic carbocycles. The summed E-state index contributed by atoms with van der Waals surface area (Å²) >= 11 is 1.93. The van der Waals surface area contributed by atoms with Crippen LogP contribution < -0.4 is 5.32 Å². The van der Waals surface area contributed by atoms with Crippen LogP contribution in [0.1, 0.15) is 24.4 Å². The van der Waals surface area contributed by atoms with Gasteiger partial charge in [-0.2, -0.15) is 11.8 Å². The Kier molecular flexibility index (Phi) is 8.14. The lowest BCUT2D eigenvalue weighted by atomic mass is 10.1. The van der Waals surface area contributed by atoms with Crippen molar-refractivity contribution in [1.29, 1.82) is 0 Å². The minimum Gasteiger partial charge on any atom is -0.315 e. The summed E-state index contributed by atoms with van der Waals surface area (Å²) in [5.41, 5.74) is 1.39. The van der Waals surface area contributed by atoms with Gasteiger partial charge in [0.15, 0.2) is 0 Å². The first kappa shape index (κ1) is 15.5. The number of nitrogens with zero attached hydrogens (tertiary/aromatic N) is 1. The van der Waals surface area contributed by atoms with E-state index < -0.39 is 0 Å². The van der Waals surface area contributed by atoms with Gasteiger partial charge < -0.3 is 10.2 Å².